The zero-order valence-corrected chi connectivity index (χ0v) is 13.5. The number of amides is 1. The number of hydrogen-bond donors (Lipinski definition) is 2. The van der Waals surface area contributed by atoms with Crippen LogP contribution in [0.4, 0.5) is 11.4 Å². The lowest BCUT2D eigenvalue weighted by molar-refractivity contribution is 0.102. The first-order valence-electron chi connectivity index (χ1n) is 5.29. The summed E-state index contributed by atoms with van der Waals surface area (Å²) in [5.74, 6) is -0.228. The molecule has 0 radical (unpaired) electrons. The first-order chi connectivity index (χ1) is 8.97. The van der Waals surface area contributed by atoms with E-state index in [2.05, 4.69) is 37.2 Å². The van der Waals surface area contributed by atoms with E-state index in [0.717, 1.165) is 8.95 Å². The van der Waals surface area contributed by atoms with Gasteiger partial charge in [-0.05, 0) is 68.3 Å². The van der Waals surface area contributed by atoms with Crippen molar-refractivity contribution in [3.63, 3.8) is 0 Å². The van der Waals surface area contributed by atoms with Crippen molar-refractivity contribution in [2.75, 3.05) is 11.1 Å². The van der Waals surface area contributed by atoms with Gasteiger partial charge in [0.25, 0.3) is 5.91 Å². The normalized spacial score (nSPS) is 10.3. The van der Waals surface area contributed by atoms with E-state index in [1.54, 1.807) is 36.4 Å². The molecule has 0 bridgehead atoms. The Kier molecular flexibility index (Phi) is 4.50. The molecule has 0 saturated heterocycles. The minimum atomic E-state index is -0.228. The lowest BCUT2D eigenvalue weighted by Gasteiger charge is -2.07. The van der Waals surface area contributed by atoms with Crippen molar-refractivity contribution < 1.29 is 4.79 Å². The quantitative estimate of drug-likeness (QED) is 0.713. The van der Waals surface area contributed by atoms with Gasteiger partial charge in [0.05, 0.1) is 5.02 Å². The van der Waals surface area contributed by atoms with Gasteiger partial charge in [0.2, 0.25) is 0 Å². The fourth-order valence-corrected chi connectivity index (χ4v) is 2.21. The van der Waals surface area contributed by atoms with Crippen LogP contribution in [0, 0.1) is 0 Å². The van der Waals surface area contributed by atoms with E-state index in [1.165, 1.54) is 0 Å². The number of nitrogens with two attached hydrogens (primary N) is 1. The summed E-state index contributed by atoms with van der Waals surface area (Å²) in [4.78, 5) is 12.0. The van der Waals surface area contributed by atoms with Crippen molar-refractivity contribution in [2.24, 2.45) is 0 Å². The molecule has 0 aliphatic heterocycles. The van der Waals surface area contributed by atoms with E-state index in [0.29, 0.717) is 22.0 Å². The highest BCUT2D eigenvalue weighted by atomic mass is 79.9. The summed E-state index contributed by atoms with van der Waals surface area (Å²) in [6.45, 7) is 0. The molecule has 3 nitrogen and oxygen atoms in total. The summed E-state index contributed by atoms with van der Waals surface area (Å²) in [5.41, 5.74) is 7.41. The number of benzene rings is 2. The molecule has 0 aliphatic carbocycles. The van der Waals surface area contributed by atoms with Crippen LogP contribution in [0.25, 0.3) is 0 Å². The number of nitrogens with one attached hydrogen (secondary N) is 1. The molecule has 3 N–H and O–H groups in total. The van der Waals surface area contributed by atoms with Gasteiger partial charge in [0.1, 0.15) is 0 Å². The molecule has 1 amide bonds. The zero-order chi connectivity index (χ0) is 14.0. The van der Waals surface area contributed by atoms with Crippen molar-refractivity contribution in [3.05, 3.63) is 55.9 Å². The Hall–Kier alpha value is -1.04. The molecule has 0 aromatic heterocycles. The smallest absolute Gasteiger partial charge is 0.255 e. The van der Waals surface area contributed by atoms with Gasteiger partial charge in [-0.15, -0.1) is 0 Å². The molecule has 2 aromatic carbocycles. The standard InChI is InChI=1S/C13H9Br2ClN2O/c14-9-3-1-7(5-12(9)17)13(19)18-8-2-4-11(16)10(15)6-8/h1-6H,17H2,(H,18,19). The van der Waals surface area contributed by atoms with Gasteiger partial charge >= 0.3 is 0 Å². The van der Waals surface area contributed by atoms with Gasteiger partial charge in [-0.2, -0.15) is 0 Å². The molecule has 0 saturated carbocycles. The zero-order valence-electron chi connectivity index (χ0n) is 9.58. The van der Waals surface area contributed by atoms with Gasteiger partial charge in [-0.3, -0.25) is 4.79 Å². The van der Waals surface area contributed by atoms with Crippen molar-refractivity contribution in [1.82, 2.24) is 0 Å². The number of carbonyl (C=O) groups is 1. The van der Waals surface area contributed by atoms with Crippen molar-refractivity contribution in [3.8, 4) is 0 Å². The van der Waals surface area contributed by atoms with Gasteiger partial charge in [-0.1, -0.05) is 11.6 Å². The van der Waals surface area contributed by atoms with E-state index in [9.17, 15) is 4.79 Å². The van der Waals surface area contributed by atoms with Gasteiger partial charge in [0, 0.05) is 25.9 Å². The van der Waals surface area contributed by atoms with Crippen LogP contribution in [0.3, 0.4) is 0 Å². The third-order valence-corrected chi connectivity index (χ3v) is 4.37. The Bertz CT molecular complexity index is 647. The van der Waals surface area contributed by atoms with Crippen LogP contribution >= 0.6 is 43.5 Å². The summed E-state index contributed by atoms with van der Waals surface area (Å²) in [7, 11) is 0. The summed E-state index contributed by atoms with van der Waals surface area (Å²) in [6, 6.07) is 10.2. The van der Waals surface area contributed by atoms with Crippen LogP contribution in [-0.4, -0.2) is 5.91 Å². The molecule has 6 heteroatoms. The number of halogens is 3. The van der Waals surface area contributed by atoms with Crippen LogP contribution in [0.15, 0.2) is 45.3 Å². The molecule has 0 fully saturated rings. The van der Waals surface area contributed by atoms with Gasteiger partial charge < -0.3 is 11.1 Å². The fraction of sp³-hybridized carbons (Fsp3) is 0. The predicted octanol–water partition coefficient (Wildman–Crippen LogP) is 4.70. The van der Waals surface area contributed by atoms with Crippen LogP contribution in [-0.2, 0) is 0 Å². The topological polar surface area (TPSA) is 55.1 Å². The molecular weight excluding hydrogens is 395 g/mol. The molecule has 0 atom stereocenters. The average molecular weight is 404 g/mol. The first-order valence-corrected chi connectivity index (χ1v) is 7.25. The Morgan fingerprint density at radius 2 is 1.84 bits per heavy atom. The predicted molar refractivity (Wildman–Crippen MR) is 85.7 cm³/mol. The van der Waals surface area contributed by atoms with Crippen LogP contribution in [0.5, 0.6) is 0 Å². The van der Waals surface area contributed by atoms with E-state index >= 15 is 0 Å². The van der Waals surface area contributed by atoms with Crippen LogP contribution in [0.2, 0.25) is 5.02 Å². The SMILES string of the molecule is Nc1cc(C(=O)Nc2ccc(Cl)c(Br)c2)ccc1Br. The number of hydrogen-bond acceptors (Lipinski definition) is 2. The summed E-state index contributed by atoms with van der Waals surface area (Å²) >= 11 is 12.5. The maximum atomic E-state index is 12.0. The molecule has 0 heterocycles. The number of carbonyl (C=O) groups excluding carboxylic acids is 1. The molecule has 0 aliphatic rings. The van der Waals surface area contributed by atoms with Crippen molar-refractivity contribution >= 4 is 60.7 Å². The number of anilines is 2. The minimum absolute atomic E-state index is 0.228. The second-order valence-corrected chi connectivity index (χ2v) is 5.94. The third kappa shape index (κ3) is 3.49. The Labute approximate surface area is 132 Å². The fourth-order valence-electron chi connectivity index (χ4n) is 1.46. The molecular formula is C13H9Br2ClN2O. The minimum Gasteiger partial charge on any atom is -0.398 e. The highest BCUT2D eigenvalue weighted by Gasteiger charge is 2.08. The van der Waals surface area contributed by atoms with E-state index in [4.69, 9.17) is 17.3 Å². The summed E-state index contributed by atoms with van der Waals surface area (Å²) in [5, 5.41) is 3.36. The molecule has 2 aromatic rings. The highest BCUT2D eigenvalue weighted by Crippen LogP contribution is 2.26. The number of rotatable bonds is 2. The molecule has 19 heavy (non-hydrogen) atoms. The number of nitrogen functional groups attached to an aromatic ring is 1. The van der Waals surface area contributed by atoms with Crippen molar-refractivity contribution in [2.45, 2.75) is 0 Å². The lowest BCUT2D eigenvalue weighted by atomic mass is 10.2. The third-order valence-electron chi connectivity index (χ3n) is 2.44. The maximum Gasteiger partial charge on any atom is 0.255 e. The van der Waals surface area contributed by atoms with Crippen LogP contribution in [0.1, 0.15) is 10.4 Å². The maximum absolute atomic E-state index is 12.0. The summed E-state index contributed by atoms with van der Waals surface area (Å²) in [6.07, 6.45) is 0. The monoisotopic (exact) mass is 402 g/mol. The van der Waals surface area contributed by atoms with Crippen LogP contribution < -0.4 is 11.1 Å². The van der Waals surface area contributed by atoms with E-state index in [1.807, 2.05) is 0 Å². The largest absolute Gasteiger partial charge is 0.398 e. The van der Waals surface area contributed by atoms with Crippen molar-refractivity contribution in [1.29, 1.82) is 0 Å². The second kappa shape index (κ2) is 5.94. The molecule has 98 valence electrons. The Morgan fingerprint density at radius 3 is 2.47 bits per heavy atom. The summed E-state index contributed by atoms with van der Waals surface area (Å²) < 4.78 is 1.49. The first kappa shape index (κ1) is 14.4. The van der Waals surface area contributed by atoms with E-state index in [-0.39, 0.29) is 5.91 Å². The highest BCUT2D eigenvalue weighted by molar-refractivity contribution is 9.11. The van der Waals surface area contributed by atoms with Gasteiger partial charge in [0.15, 0.2) is 0 Å². The average Bonchev–Trinajstić information content (AvgIpc) is 2.37. The van der Waals surface area contributed by atoms with E-state index < -0.39 is 0 Å². The Balaban J connectivity index is 2.20. The second-order valence-electron chi connectivity index (χ2n) is 3.82. The molecule has 0 unspecified atom stereocenters. The lowest BCUT2D eigenvalue weighted by Crippen LogP contribution is -2.12. The molecule has 0 spiro atoms. The van der Waals surface area contributed by atoms with Gasteiger partial charge in [-0.25, -0.2) is 0 Å². The molecule has 2 rings (SSSR count). The Morgan fingerprint density at radius 1 is 1.11 bits per heavy atom.